The fourth-order valence-electron chi connectivity index (χ4n) is 2.86. The van der Waals surface area contributed by atoms with Crippen LogP contribution in [0.4, 0.5) is 0 Å². The maximum Gasteiger partial charge on any atom is 0.137 e. The summed E-state index contributed by atoms with van der Waals surface area (Å²) in [5.74, 6) is 0.805. The van der Waals surface area contributed by atoms with E-state index in [0.29, 0.717) is 6.61 Å². The van der Waals surface area contributed by atoms with Crippen LogP contribution in [0.3, 0.4) is 0 Å². The molecule has 2 heterocycles. The fraction of sp³-hybridized carbons (Fsp3) is 0.389. The van der Waals surface area contributed by atoms with Gasteiger partial charge in [0.2, 0.25) is 0 Å². The zero-order valence-corrected chi connectivity index (χ0v) is 13.0. The minimum absolute atomic E-state index is 0.000375. The molecule has 0 saturated heterocycles. The Hall–Kier alpha value is -1.91. The molecule has 1 atom stereocenters. The fourth-order valence-corrected chi connectivity index (χ4v) is 2.86. The molecule has 4 heteroatoms. The number of hydrogen-bond acceptors (Lipinski definition) is 4. The molecular weight excluding hydrogens is 274 g/mol. The number of rotatable bonds is 6. The second-order valence-corrected chi connectivity index (χ2v) is 5.89. The average molecular weight is 297 g/mol. The summed E-state index contributed by atoms with van der Waals surface area (Å²) in [7, 11) is 0. The lowest BCUT2D eigenvalue weighted by Gasteiger charge is -2.20. The third-order valence-electron chi connectivity index (χ3n) is 4.04. The molecule has 0 bridgehead atoms. The van der Waals surface area contributed by atoms with E-state index >= 15 is 0 Å². The molecule has 0 spiro atoms. The maximum absolute atomic E-state index is 6.22. The quantitative estimate of drug-likeness (QED) is 0.889. The van der Waals surface area contributed by atoms with Crippen LogP contribution >= 0.6 is 0 Å². The minimum Gasteiger partial charge on any atom is -0.490 e. The predicted octanol–water partition coefficient (Wildman–Crippen LogP) is 2.37. The van der Waals surface area contributed by atoms with E-state index in [1.807, 2.05) is 12.3 Å². The molecule has 1 aliphatic heterocycles. The maximum atomic E-state index is 6.22. The van der Waals surface area contributed by atoms with Crippen molar-refractivity contribution in [1.29, 1.82) is 0 Å². The lowest BCUT2D eigenvalue weighted by Crippen LogP contribution is -2.39. The standard InChI is InChI=1S/C18H23N3O/c1-2-14-7-18(9-20-8-14)22-13-17(19)12-21-10-15-5-3-4-6-16(15)11-21/h3-9,17H,2,10-13,19H2,1H3/t17-/m0/s1. The van der Waals surface area contributed by atoms with Gasteiger partial charge in [-0.25, -0.2) is 0 Å². The van der Waals surface area contributed by atoms with Crippen molar-refractivity contribution in [3.63, 3.8) is 0 Å². The summed E-state index contributed by atoms with van der Waals surface area (Å²) in [6.07, 6.45) is 4.58. The molecule has 1 aliphatic rings. The van der Waals surface area contributed by atoms with Gasteiger partial charge >= 0.3 is 0 Å². The second kappa shape index (κ2) is 6.90. The first-order valence-corrected chi connectivity index (χ1v) is 7.86. The summed E-state index contributed by atoms with van der Waals surface area (Å²) >= 11 is 0. The molecular formula is C18H23N3O. The molecule has 4 nitrogen and oxygen atoms in total. The zero-order valence-electron chi connectivity index (χ0n) is 13.0. The van der Waals surface area contributed by atoms with Gasteiger partial charge in [0.15, 0.2) is 0 Å². The number of aryl methyl sites for hydroxylation is 1. The molecule has 3 rings (SSSR count). The lowest BCUT2D eigenvalue weighted by atomic mass is 10.1. The lowest BCUT2D eigenvalue weighted by molar-refractivity contribution is 0.214. The van der Waals surface area contributed by atoms with E-state index in [1.165, 1.54) is 16.7 Å². The molecule has 0 unspecified atom stereocenters. The first-order chi connectivity index (χ1) is 10.7. The van der Waals surface area contributed by atoms with Gasteiger partial charge in [-0.2, -0.15) is 0 Å². The van der Waals surface area contributed by atoms with Crippen LogP contribution in [0.25, 0.3) is 0 Å². The zero-order chi connectivity index (χ0) is 15.4. The first kappa shape index (κ1) is 15.0. The molecule has 22 heavy (non-hydrogen) atoms. The number of benzene rings is 1. The van der Waals surface area contributed by atoms with E-state index in [-0.39, 0.29) is 6.04 Å². The van der Waals surface area contributed by atoms with Crippen molar-refractivity contribution in [3.05, 3.63) is 59.4 Å². The molecule has 116 valence electrons. The highest BCUT2D eigenvalue weighted by Gasteiger charge is 2.20. The van der Waals surface area contributed by atoms with Crippen LogP contribution in [0, 0.1) is 0 Å². The van der Waals surface area contributed by atoms with E-state index in [1.54, 1.807) is 6.20 Å². The summed E-state index contributed by atoms with van der Waals surface area (Å²) in [4.78, 5) is 6.56. The van der Waals surface area contributed by atoms with Gasteiger partial charge in [-0.1, -0.05) is 31.2 Å². The Bertz CT molecular complexity index is 604. The number of fused-ring (bicyclic) bond motifs is 1. The van der Waals surface area contributed by atoms with E-state index in [9.17, 15) is 0 Å². The summed E-state index contributed by atoms with van der Waals surface area (Å²) in [6, 6.07) is 10.6. The molecule has 0 saturated carbocycles. The van der Waals surface area contributed by atoms with E-state index in [0.717, 1.165) is 31.8 Å². The number of aromatic nitrogens is 1. The Morgan fingerprint density at radius 1 is 1.23 bits per heavy atom. The van der Waals surface area contributed by atoms with Crippen LogP contribution in [0.1, 0.15) is 23.6 Å². The largest absolute Gasteiger partial charge is 0.490 e. The summed E-state index contributed by atoms with van der Waals surface area (Å²) < 4.78 is 5.78. The van der Waals surface area contributed by atoms with Crippen molar-refractivity contribution < 1.29 is 4.74 Å². The highest BCUT2D eigenvalue weighted by atomic mass is 16.5. The Morgan fingerprint density at radius 2 is 1.95 bits per heavy atom. The number of hydrogen-bond donors (Lipinski definition) is 1. The van der Waals surface area contributed by atoms with Gasteiger partial charge in [0, 0.05) is 25.8 Å². The Balaban J connectivity index is 1.48. The van der Waals surface area contributed by atoms with Crippen LogP contribution in [0.15, 0.2) is 42.7 Å². The van der Waals surface area contributed by atoms with E-state index in [2.05, 4.69) is 41.1 Å². The number of pyridine rings is 1. The van der Waals surface area contributed by atoms with Crippen LogP contribution < -0.4 is 10.5 Å². The monoisotopic (exact) mass is 297 g/mol. The van der Waals surface area contributed by atoms with Gasteiger partial charge in [-0.3, -0.25) is 9.88 Å². The predicted molar refractivity (Wildman–Crippen MR) is 87.6 cm³/mol. The van der Waals surface area contributed by atoms with Crippen molar-refractivity contribution in [2.24, 2.45) is 5.73 Å². The van der Waals surface area contributed by atoms with Crippen LogP contribution in [-0.2, 0) is 19.5 Å². The average Bonchev–Trinajstić information content (AvgIpc) is 2.95. The van der Waals surface area contributed by atoms with Crippen LogP contribution in [-0.4, -0.2) is 29.1 Å². The van der Waals surface area contributed by atoms with E-state index < -0.39 is 0 Å². The van der Waals surface area contributed by atoms with Gasteiger partial charge < -0.3 is 10.5 Å². The van der Waals surface area contributed by atoms with Crippen molar-refractivity contribution in [2.75, 3.05) is 13.2 Å². The molecule has 0 radical (unpaired) electrons. The summed E-state index contributed by atoms with van der Waals surface area (Å²) in [5.41, 5.74) is 10.2. The number of nitrogens with two attached hydrogens (primary N) is 1. The molecule has 2 N–H and O–H groups in total. The Morgan fingerprint density at radius 3 is 2.64 bits per heavy atom. The smallest absolute Gasteiger partial charge is 0.137 e. The molecule has 1 aromatic heterocycles. The Labute approximate surface area is 131 Å². The van der Waals surface area contributed by atoms with Crippen molar-refractivity contribution in [2.45, 2.75) is 32.5 Å². The van der Waals surface area contributed by atoms with Crippen LogP contribution in [0.5, 0.6) is 5.75 Å². The van der Waals surface area contributed by atoms with Gasteiger partial charge in [0.1, 0.15) is 12.4 Å². The SMILES string of the molecule is CCc1cncc(OC[C@@H](N)CN2Cc3ccccc3C2)c1. The number of ether oxygens (including phenoxy) is 1. The van der Waals surface area contributed by atoms with Gasteiger partial charge in [-0.15, -0.1) is 0 Å². The summed E-state index contributed by atoms with van der Waals surface area (Å²) in [5, 5.41) is 0. The number of nitrogens with zero attached hydrogens (tertiary/aromatic N) is 2. The summed E-state index contributed by atoms with van der Waals surface area (Å²) in [6.45, 7) is 5.43. The molecule has 1 aromatic carbocycles. The molecule has 2 aromatic rings. The minimum atomic E-state index is -0.000375. The van der Waals surface area contributed by atoms with Crippen molar-refractivity contribution >= 4 is 0 Å². The molecule has 0 aliphatic carbocycles. The third-order valence-corrected chi connectivity index (χ3v) is 4.04. The van der Waals surface area contributed by atoms with Crippen molar-refractivity contribution in [3.8, 4) is 5.75 Å². The first-order valence-electron chi connectivity index (χ1n) is 7.86. The van der Waals surface area contributed by atoms with Crippen molar-refractivity contribution in [1.82, 2.24) is 9.88 Å². The molecule has 0 amide bonds. The second-order valence-electron chi connectivity index (χ2n) is 5.89. The van der Waals surface area contributed by atoms with Gasteiger partial charge in [0.25, 0.3) is 0 Å². The van der Waals surface area contributed by atoms with Crippen LogP contribution in [0.2, 0.25) is 0 Å². The highest BCUT2D eigenvalue weighted by molar-refractivity contribution is 5.30. The van der Waals surface area contributed by atoms with Gasteiger partial charge in [-0.05, 0) is 29.2 Å². The molecule has 0 fully saturated rings. The highest BCUT2D eigenvalue weighted by Crippen LogP contribution is 2.22. The van der Waals surface area contributed by atoms with E-state index in [4.69, 9.17) is 10.5 Å². The normalized spacial score (nSPS) is 15.5. The topological polar surface area (TPSA) is 51.4 Å². The Kier molecular flexibility index (Phi) is 4.71. The third kappa shape index (κ3) is 3.64. The van der Waals surface area contributed by atoms with Gasteiger partial charge in [0.05, 0.1) is 12.2 Å².